The summed E-state index contributed by atoms with van der Waals surface area (Å²) < 4.78 is 5.53. The van der Waals surface area contributed by atoms with E-state index in [0.717, 1.165) is 34.1 Å². The number of furan rings is 1. The molecular formula is C26H27Cl2CuN5O3. The second kappa shape index (κ2) is 18.0. The predicted octanol–water partition coefficient (Wildman–Crippen LogP) is -2.03. The summed E-state index contributed by atoms with van der Waals surface area (Å²) in [6.07, 6.45) is 8.76. The Morgan fingerprint density at radius 1 is 0.649 bits per heavy atom. The monoisotopic (exact) mass is 590 g/mol. The van der Waals surface area contributed by atoms with E-state index in [0.29, 0.717) is 0 Å². The standard InChI is InChI=1S/C19H13N3O.C7H10N2.2ClH.Cu.2H2O/c1-3-9-20-15(6-1)17-12-14(19-8-5-11-23-19)13-18(22-17)16-7-2-4-10-21-16;1-9(2)7-3-5-8-6-4-7;;;;;/h1-13H;3-6H,1-2H3;2*1H;;2*1H2/q;;;;+2;;/p-2. The Morgan fingerprint density at radius 2 is 1.19 bits per heavy atom. The molecule has 0 amide bonds. The SMILES string of the molecule is CN(C)c1ccncc1.O.O.[Cl-].[Cl-].[Cu+2].c1ccc(-c2cc(-c3ccco3)cc(-c3ccccn3)n2)nc1. The van der Waals surface area contributed by atoms with Crippen molar-refractivity contribution in [3.63, 3.8) is 0 Å². The largest absolute Gasteiger partial charge is 2.00 e. The first-order valence-electron chi connectivity index (χ1n) is 10.2. The molecule has 5 heterocycles. The molecule has 0 aliphatic carbocycles. The van der Waals surface area contributed by atoms with Crippen LogP contribution in [0.2, 0.25) is 0 Å². The Labute approximate surface area is 239 Å². The molecule has 0 spiro atoms. The molecule has 1 radical (unpaired) electrons. The normalized spacial score (nSPS) is 8.81. The predicted molar refractivity (Wildman–Crippen MR) is 134 cm³/mol. The maximum Gasteiger partial charge on any atom is 2.00 e. The number of anilines is 1. The summed E-state index contributed by atoms with van der Waals surface area (Å²) in [5.74, 6) is 0.793. The minimum absolute atomic E-state index is 0. The number of halogens is 2. The van der Waals surface area contributed by atoms with Gasteiger partial charge in [-0.2, -0.15) is 0 Å². The fourth-order valence-electron chi connectivity index (χ4n) is 3.05. The Bertz CT molecular complexity index is 1190. The Balaban J connectivity index is 0. The van der Waals surface area contributed by atoms with Crippen molar-refractivity contribution in [1.29, 1.82) is 0 Å². The minimum atomic E-state index is 0. The number of aromatic nitrogens is 4. The van der Waals surface area contributed by atoms with Gasteiger partial charge >= 0.3 is 17.1 Å². The fourth-order valence-corrected chi connectivity index (χ4v) is 3.05. The summed E-state index contributed by atoms with van der Waals surface area (Å²) >= 11 is 0. The second-order valence-electron chi connectivity index (χ2n) is 7.13. The van der Waals surface area contributed by atoms with Crippen LogP contribution in [0, 0.1) is 0 Å². The maximum absolute atomic E-state index is 5.53. The van der Waals surface area contributed by atoms with Crippen molar-refractivity contribution in [3.05, 3.63) is 104 Å². The molecule has 37 heavy (non-hydrogen) atoms. The van der Waals surface area contributed by atoms with Crippen molar-refractivity contribution < 1.29 is 57.3 Å². The Kier molecular flexibility index (Phi) is 17.5. The van der Waals surface area contributed by atoms with E-state index in [1.54, 1.807) is 31.1 Å². The van der Waals surface area contributed by atoms with Gasteiger partial charge in [0.1, 0.15) is 5.76 Å². The molecule has 0 aromatic carbocycles. The molecule has 8 nitrogen and oxygen atoms in total. The average molecular weight is 592 g/mol. The molecule has 4 N–H and O–H groups in total. The van der Waals surface area contributed by atoms with Gasteiger partial charge in [-0.15, -0.1) is 0 Å². The van der Waals surface area contributed by atoms with E-state index in [4.69, 9.17) is 9.40 Å². The van der Waals surface area contributed by atoms with Gasteiger partial charge in [0, 0.05) is 50.1 Å². The topological polar surface area (TPSA) is 131 Å². The summed E-state index contributed by atoms with van der Waals surface area (Å²) in [5, 5.41) is 0. The zero-order chi connectivity index (χ0) is 22.2. The van der Waals surface area contributed by atoms with E-state index in [1.807, 2.05) is 91.8 Å². The maximum atomic E-state index is 5.53. The molecule has 5 rings (SSSR count). The molecule has 5 aromatic rings. The first-order chi connectivity index (χ1) is 15.7. The summed E-state index contributed by atoms with van der Waals surface area (Å²) in [6, 6.07) is 23.3. The molecule has 0 aliphatic heterocycles. The summed E-state index contributed by atoms with van der Waals surface area (Å²) in [7, 11) is 4.02. The van der Waals surface area contributed by atoms with Crippen LogP contribution in [-0.4, -0.2) is 45.0 Å². The molecule has 11 heteroatoms. The van der Waals surface area contributed by atoms with Crippen LogP contribution in [0.1, 0.15) is 0 Å². The quantitative estimate of drug-likeness (QED) is 0.222. The van der Waals surface area contributed by atoms with Crippen LogP contribution < -0.4 is 29.7 Å². The number of pyridine rings is 4. The Hall–Kier alpha value is -3.30. The van der Waals surface area contributed by atoms with Gasteiger partial charge in [-0.3, -0.25) is 15.0 Å². The number of hydrogen-bond donors (Lipinski definition) is 0. The molecule has 0 atom stereocenters. The second-order valence-corrected chi connectivity index (χ2v) is 7.13. The smallest absolute Gasteiger partial charge is 1.00 e. The van der Waals surface area contributed by atoms with E-state index in [9.17, 15) is 0 Å². The van der Waals surface area contributed by atoms with Crippen molar-refractivity contribution in [1.82, 2.24) is 19.9 Å². The van der Waals surface area contributed by atoms with Gasteiger partial charge in [0.2, 0.25) is 0 Å². The summed E-state index contributed by atoms with van der Waals surface area (Å²) in [6.45, 7) is 0. The van der Waals surface area contributed by atoms with Crippen LogP contribution in [0.4, 0.5) is 5.69 Å². The number of nitrogens with zero attached hydrogens (tertiary/aromatic N) is 5. The first-order valence-corrected chi connectivity index (χ1v) is 10.2. The van der Waals surface area contributed by atoms with Crippen molar-refractivity contribution in [3.8, 4) is 34.1 Å². The van der Waals surface area contributed by atoms with Gasteiger partial charge < -0.3 is 45.1 Å². The minimum Gasteiger partial charge on any atom is -1.00 e. The third kappa shape index (κ3) is 9.93. The van der Waals surface area contributed by atoms with Crippen LogP contribution >= 0.6 is 0 Å². The van der Waals surface area contributed by atoms with E-state index < -0.39 is 0 Å². The molecule has 0 aliphatic rings. The van der Waals surface area contributed by atoms with Crippen molar-refractivity contribution in [2.45, 2.75) is 0 Å². The van der Waals surface area contributed by atoms with Crippen molar-refractivity contribution in [2.75, 3.05) is 19.0 Å². The average Bonchev–Trinajstić information content (AvgIpc) is 3.41. The van der Waals surface area contributed by atoms with Gasteiger partial charge in [-0.25, -0.2) is 4.98 Å². The number of hydrogen-bond acceptors (Lipinski definition) is 6. The zero-order valence-corrected chi connectivity index (χ0v) is 22.5. The van der Waals surface area contributed by atoms with E-state index >= 15 is 0 Å². The molecular weight excluding hydrogens is 565 g/mol. The molecule has 0 unspecified atom stereocenters. The van der Waals surface area contributed by atoms with Crippen LogP contribution in [0.15, 0.2) is 108 Å². The molecule has 199 valence electrons. The van der Waals surface area contributed by atoms with Gasteiger partial charge in [0.25, 0.3) is 0 Å². The Morgan fingerprint density at radius 3 is 1.57 bits per heavy atom. The molecule has 0 fully saturated rings. The molecule has 0 saturated carbocycles. The van der Waals surface area contributed by atoms with Gasteiger partial charge in [-0.05, 0) is 60.7 Å². The van der Waals surface area contributed by atoms with Crippen LogP contribution in [0.5, 0.6) is 0 Å². The van der Waals surface area contributed by atoms with E-state index in [1.165, 1.54) is 5.69 Å². The third-order valence-electron chi connectivity index (χ3n) is 4.66. The molecule has 0 saturated heterocycles. The third-order valence-corrected chi connectivity index (χ3v) is 4.66. The van der Waals surface area contributed by atoms with Gasteiger partial charge in [0.15, 0.2) is 0 Å². The van der Waals surface area contributed by atoms with Crippen molar-refractivity contribution in [2.24, 2.45) is 0 Å². The summed E-state index contributed by atoms with van der Waals surface area (Å²) in [4.78, 5) is 19.4. The van der Waals surface area contributed by atoms with Crippen LogP contribution in [0.25, 0.3) is 34.1 Å². The summed E-state index contributed by atoms with van der Waals surface area (Å²) in [5.41, 5.74) is 5.35. The van der Waals surface area contributed by atoms with E-state index in [-0.39, 0.29) is 52.8 Å². The zero-order valence-electron chi connectivity index (χ0n) is 20.0. The van der Waals surface area contributed by atoms with E-state index in [2.05, 4.69) is 15.0 Å². The first kappa shape index (κ1) is 35.9. The van der Waals surface area contributed by atoms with Gasteiger partial charge in [0.05, 0.1) is 29.0 Å². The number of rotatable bonds is 4. The fraction of sp³-hybridized carbons (Fsp3) is 0.0769. The van der Waals surface area contributed by atoms with Crippen LogP contribution in [0.3, 0.4) is 0 Å². The van der Waals surface area contributed by atoms with Gasteiger partial charge in [-0.1, -0.05) is 12.1 Å². The molecule has 5 aromatic heterocycles. The molecule has 0 bridgehead atoms. The van der Waals surface area contributed by atoms with Crippen molar-refractivity contribution >= 4 is 5.69 Å². The van der Waals surface area contributed by atoms with Crippen LogP contribution in [-0.2, 0) is 17.1 Å².